The first kappa shape index (κ1) is 13.8. The van der Waals surface area contributed by atoms with Gasteiger partial charge < -0.3 is 0 Å². The molecule has 0 spiro atoms. The largest absolute Gasteiger partial charge is 0.269 e. The average Bonchev–Trinajstić information content (AvgIpc) is 3.09. The molecule has 1 unspecified atom stereocenters. The number of hydrogen-bond donors (Lipinski definition) is 1. The molecule has 2 heterocycles. The van der Waals surface area contributed by atoms with Crippen LogP contribution in [0.15, 0.2) is 54.7 Å². The van der Waals surface area contributed by atoms with Crippen LogP contribution in [0.3, 0.4) is 0 Å². The van der Waals surface area contributed by atoms with Crippen LogP contribution in [0.2, 0.25) is 0 Å². The summed E-state index contributed by atoms with van der Waals surface area (Å²) >= 11 is 0. The van der Waals surface area contributed by atoms with E-state index < -0.39 is 16.9 Å². The number of nitrogens with one attached hydrogen (secondary N) is 1. The van der Waals surface area contributed by atoms with E-state index in [2.05, 4.69) is 9.82 Å². The Hall–Kier alpha value is -2.80. The molecule has 2 aromatic carbocycles. The molecule has 0 fully saturated rings. The Morgan fingerprint density at radius 1 is 1.13 bits per heavy atom. The van der Waals surface area contributed by atoms with Gasteiger partial charge >= 0.3 is 0 Å². The lowest BCUT2D eigenvalue weighted by molar-refractivity contribution is -0.114. The van der Waals surface area contributed by atoms with Gasteiger partial charge in [0, 0.05) is 11.5 Å². The molecule has 23 heavy (non-hydrogen) atoms. The van der Waals surface area contributed by atoms with Crippen molar-refractivity contribution in [1.29, 1.82) is 0 Å². The highest BCUT2D eigenvalue weighted by Crippen LogP contribution is 2.27. The van der Waals surface area contributed by atoms with E-state index in [0.717, 1.165) is 22.0 Å². The quantitative estimate of drug-likeness (QED) is 0.786. The lowest BCUT2D eigenvalue weighted by atomic mass is 10.0. The molecule has 0 radical (unpaired) electrons. The number of carbonyl (C=O) groups is 1. The number of amides is 1. The fourth-order valence-electron chi connectivity index (χ4n) is 2.53. The van der Waals surface area contributed by atoms with E-state index in [-0.39, 0.29) is 5.82 Å². The standard InChI is InChI=1S/C16H10FN3O2S/c17-13-3-1-2-10(7-13)11-4-5-14-12(6-11)9-18-20(14)16-8-15(21)19-23(16)22/h1-9H,(H,19,21). The second kappa shape index (κ2) is 5.13. The summed E-state index contributed by atoms with van der Waals surface area (Å²) in [5, 5.41) is 5.31. The van der Waals surface area contributed by atoms with Crippen LogP contribution in [0.5, 0.6) is 0 Å². The van der Waals surface area contributed by atoms with E-state index in [1.165, 1.54) is 22.9 Å². The summed E-state index contributed by atoms with van der Waals surface area (Å²) in [6.07, 6.45) is 2.89. The van der Waals surface area contributed by atoms with Gasteiger partial charge in [-0.3, -0.25) is 9.52 Å². The predicted molar refractivity (Wildman–Crippen MR) is 85.7 cm³/mol. The lowest BCUT2D eigenvalue weighted by Gasteiger charge is -2.05. The van der Waals surface area contributed by atoms with Crippen molar-refractivity contribution in [3.63, 3.8) is 0 Å². The highest BCUT2D eigenvalue weighted by molar-refractivity contribution is 7.93. The summed E-state index contributed by atoms with van der Waals surface area (Å²) in [7, 11) is -1.61. The Kier molecular flexibility index (Phi) is 3.09. The van der Waals surface area contributed by atoms with Crippen molar-refractivity contribution >= 4 is 32.8 Å². The predicted octanol–water partition coefficient (Wildman–Crippen LogP) is 2.43. The summed E-state index contributed by atoms with van der Waals surface area (Å²) in [4.78, 5) is 11.3. The maximum absolute atomic E-state index is 13.4. The smallest absolute Gasteiger partial charge is 0.258 e. The second-order valence-corrected chi connectivity index (χ2v) is 6.22. The average molecular weight is 327 g/mol. The van der Waals surface area contributed by atoms with Crippen molar-refractivity contribution in [3.8, 4) is 11.1 Å². The summed E-state index contributed by atoms with van der Waals surface area (Å²) < 4.78 is 29.0. The van der Waals surface area contributed by atoms with Crippen LogP contribution < -0.4 is 4.72 Å². The molecule has 0 bridgehead atoms. The summed E-state index contributed by atoms with van der Waals surface area (Å²) in [6.45, 7) is 0. The van der Waals surface area contributed by atoms with Crippen molar-refractivity contribution in [2.75, 3.05) is 0 Å². The van der Waals surface area contributed by atoms with Gasteiger partial charge in [-0.25, -0.2) is 13.3 Å². The molecule has 5 nitrogen and oxygen atoms in total. The topological polar surface area (TPSA) is 64.0 Å². The summed E-state index contributed by atoms with van der Waals surface area (Å²) in [5.41, 5.74) is 2.34. The molecular formula is C16H10FN3O2S. The van der Waals surface area contributed by atoms with Gasteiger partial charge in [-0.15, -0.1) is 0 Å². The van der Waals surface area contributed by atoms with Crippen LogP contribution in [0.4, 0.5) is 4.39 Å². The fourth-order valence-corrected chi connectivity index (χ4v) is 3.40. The molecule has 1 aromatic heterocycles. The second-order valence-electron chi connectivity index (χ2n) is 5.06. The molecule has 0 aliphatic carbocycles. The molecule has 1 aliphatic heterocycles. The summed E-state index contributed by atoms with van der Waals surface area (Å²) in [5.74, 6) is -0.701. The molecule has 7 heteroatoms. The van der Waals surface area contributed by atoms with Crippen LogP contribution in [0.25, 0.3) is 27.1 Å². The minimum atomic E-state index is -1.61. The molecule has 0 saturated carbocycles. The molecule has 3 aromatic rings. The van der Waals surface area contributed by atoms with E-state index in [1.54, 1.807) is 12.3 Å². The monoisotopic (exact) mass is 327 g/mol. The number of halogens is 1. The van der Waals surface area contributed by atoms with Gasteiger partial charge in [-0.05, 0) is 35.4 Å². The van der Waals surface area contributed by atoms with E-state index in [4.69, 9.17) is 0 Å². The molecule has 1 atom stereocenters. The zero-order valence-electron chi connectivity index (χ0n) is 11.7. The SMILES string of the molecule is O=C1C=C(n2ncc3cc(-c4cccc(F)c4)ccc32)S(=O)N1. The van der Waals surface area contributed by atoms with Gasteiger partial charge in [-0.1, -0.05) is 18.2 Å². The zero-order chi connectivity index (χ0) is 16.0. The van der Waals surface area contributed by atoms with Crippen LogP contribution >= 0.6 is 0 Å². The van der Waals surface area contributed by atoms with Gasteiger partial charge in [0.05, 0.1) is 11.7 Å². The van der Waals surface area contributed by atoms with E-state index in [9.17, 15) is 13.4 Å². The first-order valence-corrected chi connectivity index (χ1v) is 7.95. The van der Waals surface area contributed by atoms with Gasteiger partial charge in [0.15, 0.2) is 16.0 Å². The van der Waals surface area contributed by atoms with Crippen molar-refractivity contribution in [2.24, 2.45) is 0 Å². The number of carbonyl (C=O) groups excluding carboxylic acids is 1. The van der Waals surface area contributed by atoms with E-state index in [1.807, 2.05) is 24.3 Å². The highest BCUT2D eigenvalue weighted by atomic mass is 32.2. The van der Waals surface area contributed by atoms with E-state index in [0.29, 0.717) is 5.03 Å². The van der Waals surface area contributed by atoms with Gasteiger partial charge in [0.2, 0.25) is 0 Å². The number of hydrogen-bond acceptors (Lipinski definition) is 3. The van der Waals surface area contributed by atoms with Gasteiger partial charge in [0.1, 0.15) is 5.82 Å². The van der Waals surface area contributed by atoms with Crippen LogP contribution in [0, 0.1) is 5.82 Å². The third kappa shape index (κ3) is 2.35. The highest BCUT2D eigenvalue weighted by Gasteiger charge is 2.23. The molecule has 1 N–H and O–H groups in total. The van der Waals surface area contributed by atoms with Crippen LogP contribution in [-0.2, 0) is 15.8 Å². The maximum atomic E-state index is 13.4. The minimum Gasteiger partial charge on any atom is -0.269 e. The first-order valence-electron chi connectivity index (χ1n) is 6.80. The minimum absolute atomic E-state index is 0.295. The van der Waals surface area contributed by atoms with Crippen LogP contribution in [-0.4, -0.2) is 19.9 Å². The Morgan fingerprint density at radius 3 is 2.70 bits per heavy atom. The van der Waals surface area contributed by atoms with Gasteiger partial charge in [0.25, 0.3) is 5.91 Å². The van der Waals surface area contributed by atoms with Crippen LogP contribution in [0.1, 0.15) is 0 Å². The fraction of sp³-hybridized carbons (Fsp3) is 0. The van der Waals surface area contributed by atoms with Crippen molar-refractivity contribution in [1.82, 2.24) is 14.5 Å². The number of nitrogens with zero attached hydrogens (tertiary/aromatic N) is 2. The van der Waals surface area contributed by atoms with E-state index >= 15 is 0 Å². The first-order chi connectivity index (χ1) is 11.1. The maximum Gasteiger partial charge on any atom is 0.258 e. The third-order valence-electron chi connectivity index (χ3n) is 3.57. The number of aromatic nitrogens is 2. The van der Waals surface area contributed by atoms with Gasteiger partial charge in [-0.2, -0.15) is 5.10 Å². The third-order valence-corrected chi connectivity index (χ3v) is 4.63. The molecule has 0 saturated heterocycles. The molecule has 114 valence electrons. The molecular weight excluding hydrogens is 317 g/mol. The number of benzene rings is 2. The molecule has 1 aliphatic rings. The Bertz CT molecular complexity index is 1010. The Labute approximate surface area is 133 Å². The van der Waals surface area contributed by atoms with Crippen molar-refractivity contribution < 1.29 is 13.4 Å². The molecule has 1 amide bonds. The lowest BCUT2D eigenvalue weighted by Crippen LogP contribution is -2.17. The normalized spacial score (nSPS) is 17.3. The number of fused-ring (bicyclic) bond motifs is 1. The zero-order valence-corrected chi connectivity index (χ0v) is 12.5. The Balaban J connectivity index is 1.82. The summed E-state index contributed by atoms with van der Waals surface area (Å²) in [6, 6.07) is 11.9. The van der Waals surface area contributed by atoms with Crippen molar-refractivity contribution in [2.45, 2.75) is 0 Å². The molecule has 4 rings (SSSR count). The number of rotatable bonds is 2. The van der Waals surface area contributed by atoms with Crippen molar-refractivity contribution in [3.05, 3.63) is 60.6 Å². The Morgan fingerprint density at radius 2 is 1.96 bits per heavy atom.